The third-order valence-corrected chi connectivity index (χ3v) is 9.42. The van der Waals surface area contributed by atoms with E-state index in [2.05, 4.69) is 19.9 Å². The Labute approximate surface area is 254 Å². The summed E-state index contributed by atoms with van der Waals surface area (Å²) < 4.78 is 48.4. The van der Waals surface area contributed by atoms with Crippen LogP contribution in [0.25, 0.3) is 32.2 Å². The van der Waals surface area contributed by atoms with E-state index in [1.54, 1.807) is 4.90 Å². The Kier molecular flexibility index (Phi) is 8.01. The fraction of sp³-hybridized carbons (Fsp3) is 0.414. The second-order valence-electron chi connectivity index (χ2n) is 11.1. The zero-order valence-corrected chi connectivity index (χ0v) is 25.1. The van der Waals surface area contributed by atoms with Crippen LogP contribution in [0.2, 0.25) is 5.02 Å². The van der Waals surface area contributed by atoms with Crippen LogP contribution in [-0.2, 0) is 0 Å². The highest BCUT2D eigenvalue weighted by Gasteiger charge is 2.35. The minimum absolute atomic E-state index is 0.00303. The molecule has 0 spiro atoms. The lowest BCUT2D eigenvalue weighted by atomic mass is 9.99. The summed E-state index contributed by atoms with van der Waals surface area (Å²) in [5, 5.41) is 10.7. The molecule has 0 amide bonds. The first kappa shape index (κ1) is 29.7. The van der Waals surface area contributed by atoms with E-state index in [4.69, 9.17) is 27.8 Å². The van der Waals surface area contributed by atoms with Crippen LogP contribution >= 0.6 is 22.9 Å². The number of aromatic nitrogens is 3. The number of halogens is 4. The number of aliphatic hydroxyl groups excluding tert-OH is 1. The van der Waals surface area contributed by atoms with E-state index in [0.29, 0.717) is 30.2 Å². The fourth-order valence-corrected chi connectivity index (χ4v) is 7.21. The predicted octanol–water partition coefficient (Wildman–Crippen LogP) is 5.95. The number of nitrogens with zero attached hydrogens (tertiary/aromatic N) is 5. The van der Waals surface area contributed by atoms with E-state index >= 15 is 4.39 Å². The van der Waals surface area contributed by atoms with E-state index in [0.717, 1.165) is 24.3 Å². The van der Waals surface area contributed by atoms with Crippen molar-refractivity contribution >= 4 is 55.0 Å². The third-order valence-electron chi connectivity index (χ3n) is 8.23. The number of hydrogen-bond donors (Lipinski definition) is 3. The highest BCUT2D eigenvalue weighted by atomic mass is 35.5. The summed E-state index contributed by atoms with van der Waals surface area (Å²) in [6, 6.07) is 4.01. The standard InChI is InChI=1S/C22H19ClF2N6O2S.C7H12FN/c1-8-5-13(26)14(32)7-31(8)20-10-6-11(23)15(16(25)17(10)29-22(30-20)33-2)9-3-4-12(24)19-18(9)28-21(27)34-19;8-6-4-7-2-1-3-9(7)5-6/h3-4,6-8,13,32H,5,26H2,1-2H3,(H2,27,28);6-7H,1-5H2. The smallest absolute Gasteiger partial charge is 0.318 e. The second kappa shape index (κ2) is 11.6. The number of alkyl halides is 1. The molecule has 4 unspecified atom stereocenters. The number of ether oxygens (including phenoxy) is 1. The zero-order chi connectivity index (χ0) is 30.6. The lowest BCUT2D eigenvalue weighted by Gasteiger charge is -2.34. The molecule has 0 bridgehead atoms. The van der Waals surface area contributed by atoms with Gasteiger partial charge in [0.15, 0.2) is 10.9 Å². The van der Waals surface area contributed by atoms with Crippen LogP contribution in [0.15, 0.2) is 30.2 Å². The Morgan fingerprint density at radius 2 is 1.95 bits per heavy atom. The van der Waals surface area contributed by atoms with Gasteiger partial charge in [-0.15, -0.1) is 0 Å². The van der Waals surface area contributed by atoms with Gasteiger partial charge in [0.2, 0.25) is 0 Å². The quantitative estimate of drug-likeness (QED) is 0.251. The van der Waals surface area contributed by atoms with Gasteiger partial charge in [0.1, 0.15) is 29.1 Å². The zero-order valence-electron chi connectivity index (χ0n) is 23.5. The molecule has 2 aromatic carbocycles. The molecule has 43 heavy (non-hydrogen) atoms. The fourth-order valence-electron chi connectivity index (χ4n) is 6.15. The van der Waals surface area contributed by atoms with Gasteiger partial charge < -0.3 is 26.2 Å². The normalized spacial score (nSPS) is 23.8. The number of benzene rings is 2. The number of methoxy groups -OCH3 is 1. The van der Waals surface area contributed by atoms with Crippen LogP contribution < -0.4 is 21.1 Å². The Bertz CT molecular complexity index is 1730. The summed E-state index contributed by atoms with van der Waals surface area (Å²) >= 11 is 7.55. The summed E-state index contributed by atoms with van der Waals surface area (Å²) in [6.07, 6.45) is 4.72. The third kappa shape index (κ3) is 5.43. The van der Waals surface area contributed by atoms with Crippen molar-refractivity contribution in [2.45, 2.75) is 56.9 Å². The molecule has 2 saturated heterocycles. The minimum Gasteiger partial charge on any atom is -0.509 e. The minimum atomic E-state index is -0.751. The van der Waals surface area contributed by atoms with Gasteiger partial charge in [-0.25, -0.2) is 18.2 Å². The van der Waals surface area contributed by atoms with Gasteiger partial charge in [0, 0.05) is 41.3 Å². The molecule has 2 aromatic heterocycles. The second-order valence-corrected chi connectivity index (χ2v) is 12.5. The number of rotatable bonds is 3. The van der Waals surface area contributed by atoms with Crippen molar-refractivity contribution < 1.29 is 23.0 Å². The van der Waals surface area contributed by atoms with Crippen LogP contribution in [-0.4, -0.2) is 69.5 Å². The maximum Gasteiger partial charge on any atom is 0.318 e. The SMILES string of the molecule is COc1nc(N2C=C(O)C(N)CC2C)c2cc(Cl)c(-c3ccc(F)c4sc(N)nc34)c(F)c2n1.FC1CC2CCCN2C1. The van der Waals surface area contributed by atoms with E-state index in [9.17, 15) is 13.9 Å². The Hall–Kier alpha value is -3.39. The summed E-state index contributed by atoms with van der Waals surface area (Å²) in [6.45, 7) is 3.76. The molecule has 14 heteroatoms. The van der Waals surface area contributed by atoms with Gasteiger partial charge in [-0.1, -0.05) is 22.9 Å². The summed E-state index contributed by atoms with van der Waals surface area (Å²) in [7, 11) is 1.37. The van der Waals surface area contributed by atoms with Crippen molar-refractivity contribution in [1.82, 2.24) is 19.9 Å². The molecule has 0 radical (unpaired) electrons. The van der Waals surface area contributed by atoms with Gasteiger partial charge in [-0.2, -0.15) is 9.97 Å². The van der Waals surface area contributed by atoms with Crippen LogP contribution in [0.3, 0.4) is 0 Å². The molecule has 5 heterocycles. The van der Waals surface area contributed by atoms with Gasteiger partial charge in [0.25, 0.3) is 0 Å². The molecule has 4 atom stereocenters. The van der Waals surface area contributed by atoms with E-state index in [-0.39, 0.29) is 54.8 Å². The first-order chi connectivity index (χ1) is 20.5. The van der Waals surface area contributed by atoms with Crippen molar-refractivity contribution in [3.63, 3.8) is 0 Å². The van der Waals surface area contributed by atoms with Crippen molar-refractivity contribution in [2.75, 3.05) is 30.8 Å². The van der Waals surface area contributed by atoms with Crippen molar-refractivity contribution in [3.8, 4) is 17.1 Å². The van der Waals surface area contributed by atoms with Gasteiger partial charge in [0.05, 0.1) is 28.4 Å². The molecule has 2 fully saturated rings. The largest absolute Gasteiger partial charge is 0.509 e. The monoisotopic (exact) mass is 633 g/mol. The molecule has 5 N–H and O–H groups in total. The summed E-state index contributed by atoms with van der Waals surface area (Å²) in [5.74, 6) is -0.997. The lowest BCUT2D eigenvalue weighted by molar-refractivity contribution is 0.292. The number of thiazole rings is 1. The van der Waals surface area contributed by atoms with E-state index in [1.807, 2.05) is 6.92 Å². The lowest BCUT2D eigenvalue weighted by Crippen LogP contribution is -2.41. The maximum absolute atomic E-state index is 16.1. The predicted molar refractivity (Wildman–Crippen MR) is 163 cm³/mol. The van der Waals surface area contributed by atoms with Crippen LogP contribution in [0.5, 0.6) is 6.01 Å². The Morgan fingerprint density at radius 1 is 1.16 bits per heavy atom. The van der Waals surface area contributed by atoms with E-state index in [1.165, 1.54) is 44.4 Å². The van der Waals surface area contributed by atoms with Crippen molar-refractivity contribution in [3.05, 3.63) is 46.8 Å². The summed E-state index contributed by atoms with van der Waals surface area (Å²) in [4.78, 5) is 16.8. The molecular weight excluding hydrogens is 603 g/mol. The maximum atomic E-state index is 16.1. The summed E-state index contributed by atoms with van der Waals surface area (Å²) in [5.41, 5.74) is 12.2. The van der Waals surface area contributed by atoms with Crippen molar-refractivity contribution in [1.29, 1.82) is 0 Å². The van der Waals surface area contributed by atoms with Gasteiger partial charge >= 0.3 is 6.01 Å². The molecule has 0 aliphatic carbocycles. The Balaban J connectivity index is 0.000000310. The molecule has 9 nitrogen and oxygen atoms in total. The topological polar surface area (TPSA) is 127 Å². The number of aliphatic hydroxyl groups is 1. The van der Waals surface area contributed by atoms with Crippen LogP contribution in [0.1, 0.15) is 32.6 Å². The molecule has 3 aliphatic heterocycles. The van der Waals surface area contributed by atoms with E-state index < -0.39 is 23.8 Å². The average Bonchev–Trinajstić information content (AvgIpc) is 3.67. The molecule has 4 aromatic rings. The molecular formula is C29H31ClF3N7O2S. The van der Waals surface area contributed by atoms with Gasteiger partial charge in [-0.3, -0.25) is 4.90 Å². The van der Waals surface area contributed by atoms with Gasteiger partial charge in [-0.05, 0) is 57.4 Å². The Morgan fingerprint density at radius 3 is 2.70 bits per heavy atom. The number of hydrogen-bond acceptors (Lipinski definition) is 10. The first-order valence-corrected chi connectivity index (χ1v) is 15.2. The average molecular weight is 634 g/mol. The molecule has 228 valence electrons. The highest BCUT2D eigenvalue weighted by Crippen LogP contribution is 2.43. The first-order valence-electron chi connectivity index (χ1n) is 14.0. The van der Waals surface area contributed by atoms with Crippen molar-refractivity contribution in [2.24, 2.45) is 5.73 Å². The molecule has 7 rings (SSSR count). The number of anilines is 2. The molecule has 0 saturated carbocycles. The number of nitrogen functional groups attached to an aromatic ring is 1. The number of fused-ring (bicyclic) bond motifs is 3. The molecule has 3 aliphatic rings. The van der Waals surface area contributed by atoms with Crippen LogP contribution in [0, 0.1) is 11.6 Å². The number of nitrogens with two attached hydrogens (primary N) is 2. The highest BCUT2D eigenvalue weighted by molar-refractivity contribution is 7.22. The van der Waals surface area contributed by atoms with Crippen LogP contribution in [0.4, 0.5) is 24.1 Å².